The molecule has 4 aromatic carbocycles. The Morgan fingerprint density at radius 2 is 1.44 bits per heavy atom. The lowest BCUT2D eigenvalue weighted by molar-refractivity contribution is -0.319. The van der Waals surface area contributed by atoms with Crippen LogP contribution in [0.4, 0.5) is 4.79 Å². The zero-order chi connectivity index (χ0) is 43.6. The van der Waals surface area contributed by atoms with E-state index in [-0.39, 0.29) is 32.2 Å². The molecule has 2 amide bonds. The molecule has 2 aliphatic rings. The van der Waals surface area contributed by atoms with Crippen LogP contribution < -0.4 is 0 Å². The van der Waals surface area contributed by atoms with Crippen LogP contribution in [0.25, 0.3) is 11.1 Å². The summed E-state index contributed by atoms with van der Waals surface area (Å²) in [6, 6.07) is 37.2. The lowest BCUT2D eigenvalue weighted by Gasteiger charge is -2.45. The molecular formula is C49H53NO12. The summed E-state index contributed by atoms with van der Waals surface area (Å²) in [6.07, 6.45) is -6.28. The first kappa shape index (κ1) is 44.5. The Morgan fingerprint density at radius 3 is 2.05 bits per heavy atom. The molecule has 0 unspecified atom stereocenters. The summed E-state index contributed by atoms with van der Waals surface area (Å²) in [5.74, 6) is -1.19. The second kappa shape index (κ2) is 21.0. The van der Waals surface area contributed by atoms with Gasteiger partial charge in [0.05, 0.1) is 25.9 Å². The van der Waals surface area contributed by atoms with Crippen molar-refractivity contribution in [1.82, 2.24) is 4.90 Å². The Bertz CT molecular complexity index is 2230. The number of carbonyl (C=O) groups is 3. The second-order valence-corrected chi connectivity index (χ2v) is 15.4. The number of Topliss-reactive ketones (excluding diaryl/α,β-unsaturated/α-hetero) is 1. The highest BCUT2D eigenvalue weighted by atomic mass is 16.7. The molecule has 7 rings (SSSR count). The predicted octanol–water partition coefficient (Wildman–Crippen LogP) is 7.41. The van der Waals surface area contributed by atoms with Gasteiger partial charge < -0.3 is 42.7 Å². The molecule has 13 heteroatoms. The van der Waals surface area contributed by atoms with E-state index < -0.39 is 66.7 Å². The largest absolute Gasteiger partial charge is 0.457 e. The van der Waals surface area contributed by atoms with Crippen molar-refractivity contribution in [2.45, 2.75) is 88.9 Å². The number of hydrogen-bond acceptors (Lipinski definition) is 12. The van der Waals surface area contributed by atoms with Gasteiger partial charge in [0, 0.05) is 32.8 Å². The van der Waals surface area contributed by atoms with E-state index in [0.717, 1.165) is 32.7 Å². The number of furan rings is 1. The molecule has 8 atom stereocenters. The molecule has 0 radical (unpaired) electrons. The van der Waals surface area contributed by atoms with E-state index in [2.05, 4.69) is 0 Å². The van der Waals surface area contributed by atoms with Gasteiger partial charge in [-0.25, -0.2) is 9.69 Å². The Morgan fingerprint density at radius 1 is 0.790 bits per heavy atom. The Kier molecular flexibility index (Phi) is 15.1. The van der Waals surface area contributed by atoms with Crippen LogP contribution in [-0.4, -0.2) is 98.1 Å². The van der Waals surface area contributed by atoms with Crippen molar-refractivity contribution < 1.29 is 57.1 Å². The number of methoxy groups -OCH3 is 2. The number of amides is 2. The number of rotatable bonds is 19. The topological polar surface area (TPSA) is 152 Å². The number of nitrogens with zero attached hydrogens (tertiary/aromatic N) is 1. The summed E-state index contributed by atoms with van der Waals surface area (Å²) < 4.78 is 48.9. The Balaban J connectivity index is 1.09. The average molecular weight is 848 g/mol. The Labute approximate surface area is 361 Å². The third-order valence-corrected chi connectivity index (χ3v) is 11.1. The van der Waals surface area contributed by atoms with Gasteiger partial charge in [-0.2, -0.15) is 0 Å². The fourth-order valence-electron chi connectivity index (χ4n) is 7.98. The number of ether oxygens (including phenoxy) is 7. The van der Waals surface area contributed by atoms with Gasteiger partial charge in [-0.1, -0.05) is 121 Å². The quantitative estimate of drug-likeness (QED) is 0.0500. The lowest BCUT2D eigenvalue weighted by Crippen LogP contribution is -2.61. The van der Waals surface area contributed by atoms with Crippen LogP contribution in [-0.2, 0) is 57.6 Å². The number of imide groups is 1. The van der Waals surface area contributed by atoms with Crippen LogP contribution in [0, 0.1) is 6.92 Å². The van der Waals surface area contributed by atoms with E-state index in [4.69, 9.17) is 37.6 Å². The average Bonchev–Trinajstić information content (AvgIpc) is 3.87. The minimum atomic E-state index is -1.67. The minimum Gasteiger partial charge on any atom is -0.457 e. The number of carbonyl (C=O) groups excluding carboxylic acids is 3. The van der Waals surface area contributed by atoms with Gasteiger partial charge in [-0.05, 0) is 48.6 Å². The van der Waals surface area contributed by atoms with Crippen molar-refractivity contribution in [3.05, 3.63) is 155 Å². The summed E-state index contributed by atoms with van der Waals surface area (Å²) >= 11 is 0. The van der Waals surface area contributed by atoms with E-state index in [1.54, 1.807) is 13.0 Å². The third kappa shape index (κ3) is 10.2. The van der Waals surface area contributed by atoms with Crippen molar-refractivity contribution >= 4 is 17.8 Å². The van der Waals surface area contributed by atoms with Crippen LogP contribution >= 0.6 is 0 Å². The standard InChI is InChI=1S/C49H53NO12/c1-31-16-14-23-36(26-31)37-27-39(41(52)44(55-3)47(53)50-32(2)42(62-49(50)54)35-21-12-7-13-22-35)60-38(37)24-15-25-57-46-45(59-30-34-19-10-6-11-20-34)43(40(28-51)61-48(46)56-4)58-29-33-17-8-5-9-18-33/h5-14,16-23,26-27,32,40,42-46,48,51H,15,24-25,28-30H2,1-4H3/t32-,40+,42-,43+,44-,45-,46-,48-/m0/s1. The molecule has 62 heavy (non-hydrogen) atoms. The van der Waals surface area contributed by atoms with Gasteiger partial charge in [0.15, 0.2) is 12.1 Å². The molecule has 2 aliphatic heterocycles. The van der Waals surface area contributed by atoms with E-state index in [0.29, 0.717) is 24.2 Å². The highest BCUT2D eigenvalue weighted by molar-refractivity contribution is 6.14. The highest BCUT2D eigenvalue weighted by Crippen LogP contribution is 2.35. The van der Waals surface area contributed by atoms with E-state index in [1.807, 2.05) is 122 Å². The fourth-order valence-corrected chi connectivity index (χ4v) is 7.98. The molecule has 0 spiro atoms. The molecule has 1 aromatic heterocycles. The van der Waals surface area contributed by atoms with Gasteiger partial charge in [0.1, 0.15) is 36.3 Å². The number of benzene rings is 4. The van der Waals surface area contributed by atoms with Crippen molar-refractivity contribution in [2.24, 2.45) is 0 Å². The zero-order valence-corrected chi connectivity index (χ0v) is 35.3. The SMILES string of the molecule is CO[C@@H](C(=O)c1cc(-c2cccc(C)c2)c(CCCO[C@@H]2[C@@H](OC)O[C@H](CO)[C@@H](OCc3ccccc3)[C@@H]2OCc2ccccc2)o1)C(=O)N1C(=O)O[C@H](c2ccccc2)[C@@H]1C. The number of hydrogen-bond donors (Lipinski definition) is 1. The molecule has 2 fully saturated rings. The van der Waals surface area contributed by atoms with Crippen LogP contribution in [0.2, 0.25) is 0 Å². The molecular weight excluding hydrogens is 795 g/mol. The summed E-state index contributed by atoms with van der Waals surface area (Å²) in [5.41, 5.74) is 5.10. The van der Waals surface area contributed by atoms with Gasteiger partial charge in [-0.15, -0.1) is 0 Å². The van der Waals surface area contributed by atoms with E-state index in [1.165, 1.54) is 14.2 Å². The van der Waals surface area contributed by atoms with E-state index >= 15 is 0 Å². The van der Waals surface area contributed by atoms with Crippen molar-refractivity contribution in [3.8, 4) is 11.1 Å². The van der Waals surface area contributed by atoms with Gasteiger partial charge >= 0.3 is 6.09 Å². The third-order valence-electron chi connectivity index (χ3n) is 11.1. The monoisotopic (exact) mass is 847 g/mol. The molecule has 5 aromatic rings. The second-order valence-electron chi connectivity index (χ2n) is 15.4. The van der Waals surface area contributed by atoms with Crippen molar-refractivity contribution in [2.75, 3.05) is 27.4 Å². The maximum Gasteiger partial charge on any atom is 0.417 e. The molecule has 0 bridgehead atoms. The summed E-state index contributed by atoms with van der Waals surface area (Å²) in [4.78, 5) is 42.0. The van der Waals surface area contributed by atoms with Gasteiger partial charge in [0.25, 0.3) is 5.91 Å². The molecule has 2 saturated heterocycles. The molecule has 13 nitrogen and oxygen atoms in total. The Hall–Kier alpha value is -5.51. The smallest absolute Gasteiger partial charge is 0.417 e. The minimum absolute atomic E-state index is 0.0968. The van der Waals surface area contributed by atoms with Crippen molar-refractivity contribution in [3.63, 3.8) is 0 Å². The van der Waals surface area contributed by atoms with Gasteiger partial charge in [0.2, 0.25) is 11.9 Å². The van der Waals surface area contributed by atoms with Crippen LogP contribution in [0.1, 0.15) is 58.0 Å². The number of aliphatic hydroxyl groups is 1. The molecule has 3 heterocycles. The predicted molar refractivity (Wildman–Crippen MR) is 227 cm³/mol. The zero-order valence-electron chi connectivity index (χ0n) is 35.3. The first-order chi connectivity index (χ1) is 30.2. The summed E-state index contributed by atoms with van der Waals surface area (Å²) in [6.45, 7) is 4.04. The van der Waals surface area contributed by atoms with Crippen LogP contribution in [0.5, 0.6) is 0 Å². The molecule has 326 valence electrons. The first-order valence-corrected chi connectivity index (χ1v) is 20.8. The summed E-state index contributed by atoms with van der Waals surface area (Å²) in [7, 11) is 2.75. The number of cyclic esters (lactones) is 1. The van der Waals surface area contributed by atoms with Crippen LogP contribution in [0.3, 0.4) is 0 Å². The lowest BCUT2D eigenvalue weighted by atomic mass is 9.98. The normalized spacial score (nSPS) is 23.0. The van der Waals surface area contributed by atoms with Gasteiger partial charge in [-0.3, -0.25) is 9.59 Å². The first-order valence-electron chi connectivity index (χ1n) is 20.8. The van der Waals surface area contributed by atoms with Crippen LogP contribution in [0.15, 0.2) is 126 Å². The number of ketones is 1. The molecule has 0 saturated carbocycles. The molecule has 1 N–H and O–H groups in total. The molecule has 0 aliphatic carbocycles. The maximum absolute atomic E-state index is 14.1. The highest BCUT2D eigenvalue weighted by Gasteiger charge is 2.49. The number of aliphatic hydroxyl groups excluding tert-OH is 1. The summed E-state index contributed by atoms with van der Waals surface area (Å²) in [5, 5.41) is 10.5. The maximum atomic E-state index is 14.1. The van der Waals surface area contributed by atoms with Crippen molar-refractivity contribution in [1.29, 1.82) is 0 Å². The van der Waals surface area contributed by atoms with E-state index in [9.17, 15) is 19.5 Å². The number of aryl methyl sites for hydroxylation is 2. The fraction of sp³-hybridized carbons (Fsp3) is 0.367.